The molecule has 1 fully saturated rings. The lowest BCUT2D eigenvalue weighted by atomic mass is 10.1. The minimum atomic E-state index is -0.00594. The van der Waals surface area contributed by atoms with Gasteiger partial charge in [0.1, 0.15) is 0 Å². The van der Waals surface area contributed by atoms with Gasteiger partial charge in [0.25, 0.3) is 5.91 Å². The fourth-order valence-corrected chi connectivity index (χ4v) is 2.75. The summed E-state index contributed by atoms with van der Waals surface area (Å²) in [6.07, 6.45) is 0. The molecule has 1 amide bonds. The van der Waals surface area contributed by atoms with Crippen LogP contribution in [0.3, 0.4) is 0 Å². The fourth-order valence-electron chi connectivity index (χ4n) is 2.75. The number of hydrogen-bond donors (Lipinski definition) is 0. The molecule has 110 valence electrons. The van der Waals surface area contributed by atoms with Crippen LogP contribution < -0.4 is 0 Å². The summed E-state index contributed by atoms with van der Waals surface area (Å²) >= 11 is 0. The van der Waals surface area contributed by atoms with E-state index in [0.29, 0.717) is 32.0 Å². The maximum atomic E-state index is 12.6. The first-order valence-corrected chi connectivity index (χ1v) is 7.14. The first-order valence-electron chi connectivity index (χ1n) is 7.14. The van der Waals surface area contributed by atoms with Gasteiger partial charge in [-0.25, -0.2) is 0 Å². The Morgan fingerprint density at radius 2 is 1.86 bits per heavy atom. The zero-order chi connectivity index (χ0) is 14.8. The van der Waals surface area contributed by atoms with Crippen LogP contribution in [0.15, 0.2) is 30.3 Å². The quantitative estimate of drug-likeness (QED) is 0.846. The molecule has 3 rings (SSSR count). The minimum Gasteiger partial charge on any atom is -0.378 e. The Morgan fingerprint density at radius 1 is 1.19 bits per heavy atom. The monoisotopic (exact) mass is 285 g/mol. The number of nitrogens with zero attached hydrogens (tertiary/aromatic N) is 3. The van der Waals surface area contributed by atoms with E-state index in [9.17, 15) is 4.79 Å². The van der Waals surface area contributed by atoms with Crippen molar-refractivity contribution in [3.63, 3.8) is 0 Å². The molecule has 1 aromatic carbocycles. The summed E-state index contributed by atoms with van der Waals surface area (Å²) in [5.74, 6) is -0.00594. The number of ether oxygens (including phenoxy) is 1. The van der Waals surface area contributed by atoms with Crippen LogP contribution >= 0.6 is 0 Å². The molecular weight excluding hydrogens is 266 g/mol. The van der Waals surface area contributed by atoms with Crippen LogP contribution in [-0.4, -0.2) is 46.9 Å². The van der Waals surface area contributed by atoms with Gasteiger partial charge in [-0.2, -0.15) is 5.10 Å². The number of carbonyl (C=O) groups is 1. The van der Waals surface area contributed by atoms with E-state index in [1.165, 1.54) is 0 Å². The molecule has 1 saturated heterocycles. The Labute approximate surface area is 124 Å². The first kappa shape index (κ1) is 13.8. The zero-order valence-corrected chi connectivity index (χ0v) is 12.4. The minimum absolute atomic E-state index is 0.00594. The highest BCUT2D eigenvalue weighted by atomic mass is 16.5. The normalized spacial score (nSPS) is 15.2. The molecule has 5 heteroatoms. The summed E-state index contributed by atoms with van der Waals surface area (Å²) < 4.78 is 7.08. The zero-order valence-electron chi connectivity index (χ0n) is 12.4. The van der Waals surface area contributed by atoms with Crippen LogP contribution in [0, 0.1) is 6.92 Å². The lowest BCUT2D eigenvalue weighted by Gasteiger charge is -2.26. The third kappa shape index (κ3) is 2.56. The molecule has 21 heavy (non-hydrogen) atoms. The molecule has 0 N–H and O–H groups in total. The van der Waals surface area contributed by atoms with Gasteiger partial charge in [0.15, 0.2) is 5.69 Å². The van der Waals surface area contributed by atoms with Gasteiger partial charge in [0.2, 0.25) is 0 Å². The standard InChI is InChI=1S/C16H19N3O2/c1-12-14(16(20)19-8-10-21-11-9-19)17-18(2)15(12)13-6-4-3-5-7-13/h3-7H,8-11H2,1-2H3. The molecule has 1 aliphatic rings. The van der Waals surface area contributed by atoms with E-state index in [4.69, 9.17) is 4.74 Å². The van der Waals surface area contributed by atoms with E-state index < -0.39 is 0 Å². The first-order chi connectivity index (χ1) is 10.2. The van der Waals surface area contributed by atoms with Crippen molar-refractivity contribution in [1.82, 2.24) is 14.7 Å². The number of aromatic nitrogens is 2. The summed E-state index contributed by atoms with van der Waals surface area (Å²) in [4.78, 5) is 14.4. The van der Waals surface area contributed by atoms with Crippen LogP contribution in [0.25, 0.3) is 11.3 Å². The van der Waals surface area contributed by atoms with Crippen molar-refractivity contribution >= 4 is 5.91 Å². The van der Waals surface area contributed by atoms with Crippen molar-refractivity contribution in [2.24, 2.45) is 7.05 Å². The molecular formula is C16H19N3O2. The van der Waals surface area contributed by atoms with Crippen molar-refractivity contribution in [1.29, 1.82) is 0 Å². The summed E-state index contributed by atoms with van der Waals surface area (Å²) in [5.41, 5.74) is 3.54. The second-order valence-electron chi connectivity index (χ2n) is 5.22. The lowest BCUT2D eigenvalue weighted by molar-refractivity contribution is 0.0298. The topological polar surface area (TPSA) is 47.4 Å². The van der Waals surface area contributed by atoms with Gasteiger partial charge in [-0.15, -0.1) is 0 Å². The van der Waals surface area contributed by atoms with E-state index in [0.717, 1.165) is 16.8 Å². The molecule has 1 aromatic heterocycles. The van der Waals surface area contributed by atoms with Crippen LogP contribution in [0.4, 0.5) is 0 Å². The number of carbonyl (C=O) groups excluding carboxylic acids is 1. The van der Waals surface area contributed by atoms with Gasteiger partial charge in [0, 0.05) is 31.3 Å². The predicted molar refractivity (Wildman–Crippen MR) is 80.1 cm³/mol. The van der Waals surface area contributed by atoms with E-state index in [1.54, 1.807) is 4.68 Å². The summed E-state index contributed by atoms with van der Waals surface area (Å²) in [6, 6.07) is 10.0. The maximum absolute atomic E-state index is 12.6. The fraction of sp³-hybridized carbons (Fsp3) is 0.375. The van der Waals surface area contributed by atoms with Gasteiger partial charge >= 0.3 is 0 Å². The molecule has 0 bridgehead atoms. The maximum Gasteiger partial charge on any atom is 0.274 e. The summed E-state index contributed by atoms with van der Waals surface area (Å²) in [6.45, 7) is 4.43. The Bertz CT molecular complexity index is 643. The third-order valence-corrected chi connectivity index (χ3v) is 3.83. The largest absolute Gasteiger partial charge is 0.378 e. The molecule has 0 radical (unpaired) electrons. The molecule has 2 aromatic rings. The Balaban J connectivity index is 1.96. The second kappa shape index (κ2) is 5.69. The van der Waals surface area contributed by atoms with Crippen molar-refractivity contribution < 1.29 is 9.53 Å². The van der Waals surface area contributed by atoms with Gasteiger partial charge in [-0.05, 0) is 6.92 Å². The second-order valence-corrected chi connectivity index (χ2v) is 5.22. The SMILES string of the molecule is Cc1c(C(=O)N2CCOCC2)nn(C)c1-c1ccccc1. The molecule has 1 aliphatic heterocycles. The van der Waals surface area contributed by atoms with E-state index in [1.807, 2.05) is 49.2 Å². The Morgan fingerprint density at radius 3 is 2.52 bits per heavy atom. The Hall–Kier alpha value is -2.14. The van der Waals surface area contributed by atoms with Gasteiger partial charge in [-0.3, -0.25) is 9.48 Å². The van der Waals surface area contributed by atoms with Crippen LogP contribution in [0.5, 0.6) is 0 Å². The molecule has 0 unspecified atom stereocenters. The van der Waals surface area contributed by atoms with E-state index in [2.05, 4.69) is 5.10 Å². The number of morpholine rings is 1. The van der Waals surface area contributed by atoms with E-state index >= 15 is 0 Å². The highest BCUT2D eigenvalue weighted by Gasteiger charge is 2.25. The third-order valence-electron chi connectivity index (χ3n) is 3.83. The molecule has 0 saturated carbocycles. The number of aryl methyl sites for hydroxylation is 1. The summed E-state index contributed by atoms with van der Waals surface area (Å²) in [7, 11) is 1.88. The molecule has 2 heterocycles. The van der Waals surface area contributed by atoms with Gasteiger partial charge in [-0.1, -0.05) is 30.3 Å². The molecule has 0 aliphatic carbocycles. The van der Waals surface area contributed by atoms with Gasteiger partial charge < -0.3 is 9.64 Å². The molecule has 5 nitrogen and oxygen atoms in total. The average Bonchev–Trinajstić information content (AvgIpc) is 2.83. The number of benzene rings is 1. The number of amides is 1. The smallest absolute Gasteiger partial charge is 0.274 e. The highest BCUT2D eigenvalue weighted by molar-refractivity contribution is 5.95. The van der Waals surface area contributed by atoms with Crippen LogP contribution in [-0.2, 0) is 11.8 Å². The van der Waals surface area contributed by atoms with Crippen LogP contribution in [0.2, 0.25) is 0 Å². The van der Waals surface area contributed by atoms with Crippen molar-refractivity contribution in [3.8, 4) is 11.3 Å². The van der Waals surface area contributed by atoms with Crippen molar-refractivity contribution in [2.45, 2.75) is 6.92 Å². The number of hydrogen-bond acceptors (Lipinski definition) is 3. The Kier molecular flexibility index (Phi) is 3.75. The van der Waals surface area contributed by atoms with Crippen molar-refractivity contribution in [2.75, 3.05) is 26.3 Å². The number of rotatable bonds is 2. The average molecular weight is 285 g/mol. The van der Waals surface area contributed by atoms with Crippen LogP contribution in [0.1, 0.15) is 16.1 Å². The predicted octanol–water partition coefficient (Wildman–Crippen LogP) is 1.87. The van der Waals surface area contributed by atoms with E-state index in [-0.39, 0.29) is 5.91 Å². The molecule has 0 atom stereocenters. The summed E-state index contributed by atoms with van der Waals surface area (Å²) in [5, 5.41) is 4.45. The highest BCUT2D eigenvalue weighted by Crippen LogP contribution is 2.25. The van der Waals surface area contributed by atoms with Crippen molar-refractivity contribution in [3.05, 3.63) is 41.6 Å². The molecule has 0 spiro atoms. The van der Waals surface area contributed by atoms with Gasteiger partial charge in [0.05, 0.1) is 18.9 Å². The lowest BCUT2D eigenvalue weighted by Crippen LogP contribution is -2.41.